The van der Waals surface area contributed by atoms with Crippen molar-refractivity contribution in [3.63, 3.8) is 0 Å². The van der Waals surface area contributed by atoms with Crippen molar-refractivity contribution in [2.45, 2.75) is 21.8 Å². The predicted octanol–water partition coefficient (Wildman–Crippen LogP) is 2.33. The van der Waals surface area contributed by atoms with Crippen molar-refractivity contribution >= 4 is 29.4 Å². The van der Waals surface area contributed by atoms with Crippen LogP contribution in [0.5, 0.6) is 0 Å². The van der Waals surface area contributed by atoms with Crippen molar-refractivity contribution in [1.29, 1.82) is 0 Å². The first-order valence-electron chi connectivity index (χ1n) is 6.32. The van der Waals surface area contributed by atoms with Gasteiger partial charge in [-0.15, -0.1) is 23.5 Å². The number of benzene rings is 1. The number of aliphatic hydroxyl groups is 1. The minimum Gasteiger partial charge on any atom is -0.396 e. The Morgan fingerprint density at radius 1 is 1.32 bits per heavy atom. The molecule has 0 saturated heterocycles. The SMILES string of the molecule is O=C(NCCCO)C1=C[C@@H]2Sc3ccccc3[C@H]2S1. The average molecular weight is 293 g/mol. The van der Waals surface area contributed by atoms with E-state index in [9.17, 15) is 4.79 Å². The molecule has 5 heteroatoms. The van der Waals surface area contributed by atoms with Crippen LogP contribution in [0.2, 0.25) is 0 Å². The molecular formula is C14H15NO2S2. The molecule has 2 heterocycles. The largest absolute Gasteiger partial charge is 0.396 e. The lowest BCUT2D eigenvalue weighted by molar-refractivity contribution is -0.116. The Kier molecular flexibility index (Phi) is 3.86. The van der Waals surface area contributed by atoms with Gasteiger partial charge in [0.25, 0.3) is 5.91 Å². The molecule has 2 atom stereocenters. The van der Waals surface area contributed by atoms with E-state index in [4.69, 9.17) is 5.11 Å². The van der Waals surface area contributed by atoms with Crippen LogP contribution in [0.4, 0.5) is 0 Å². The summed E-state index contributed by atoms with van der Waals surface area (Å²) in [5, 5.41) is 12.3. The number of aliphatic hydroxyl groups excluding tert-OH is 1. The number of thioether (sulfide) groups is 2. The molecule has 1 aromatic rings. The highest BCUT2D eigenvalue weighted by molar-refractivity contribution is 8.07. The highest BCUT2D eigenvalue weighted by Crippen LogP contribution is 2.57. The highest BCUT2D eigenvalue weighted by Gasteiger charge is 2.39. The Hall–Kier alpha value is -0.910. The first-order chi connectivity index (χ1) is 9.29. The summed E-state index contributed by atoms with van der Waals surface area (Å²) in [5.74, 6) is -0.00840. The van der Waals surface area contributed by atoms with Crippen molar-refractivity contribution in [3.05, 3.63) is 40.8 Å². The molecule has 0 aromatic heterocycles. The number of fused-ring (bicyclic) bond motifs is 3. The van der Waals surface area contributed by atoms with Gasteiger partial charge in [0, 0.05) is 23.3 Å². The quantitative estimate of drug-likeness (QED) is 0.837. The molecule has 19 heavy (non-hydrogen) atoms. The van der Waals surface area contributed by atoms with Gasteiger partial charge in [-0.05, 0) is 18.1 Å². The van der Waals surface area contributed by atoms with E-state index in [1.165, 1.54) is 10.5 Å². The molecule has 1 aromatic carbocycles. The van der Waals surface area contributed by atoms with Crippen LogP contribution in [0.1, 0.15) is 17.2 Å². The summed E-state index contributed by atoms with van der Waals surface area (Å²) in [6.45, 7) is 0.646. The van der Waals surface area contributed by atoms with Crippen molar-refractivity contribution in [2.24, 2.45) is 0 Å². The fraction of sp³-hybridized carbons (Fsp3) is 0.357. The first kappa shape index (κ1) is 13.1. The highest BCUT2D eigenvalue weighted by atomic mass is 32.2. The van der Waals surface area contributed by atoms with Crippen LogP contribution < -0.4 is 5.32 Å². The van der Waals surface area contributed by atoms with Crippen LogP contribution in [-0.2, 0) is 4.79 Å². The maximum Gasteiger partial charge on any atom is 0.257 e. The molecular weight excluding hydrogens is 278 g/mol. The van der Waals surface area contributed by atoms with Gasteiger partial charge < -0.3 is 10.4 Å². The standard InChI is InChI=1S/C14H15NO2S2/c16-7-3-6-15-14(17)12-8-11-13(19-12)9-4-1-2-5-10(9)18-11/h1-2,4-5,8,11,13,16H,3,6-7H2,(H,15,17)/t11-,13+/m0/s1. The summed E-state index contributed by atoms with van der Waals surface area (Å²) in [6.07, 6.45) is 2.68. The number of nitrogens with one attached hydrogen (secondary N) is 1. The zero-order valence-corrected chi connectivity index (χ0v) is 12.0. The van der Waals surface area contributed by atoms with Gasteiger partial charge in [0.15, 0.2) is 0 Å². The molecule has 3 rings (SSSR count). The van der Waals surface area contributed by atoms with Crippen molar-refractivity contribution in [2.75, 3.05) is 13.2 Å². The number of hydrogen-bond donors (Lipinski definition) is 2. The van der Waals surface area contributed by atoms with E-state index >= 15 is 0 Å². The lowest BCUT2D eigenvalue weighted by Crippen LogP contribution is -2.25. The molecule has 0 saturated carbocycles. The molecule has 0 unspecified atom stereocenters. The third-order valence-corrected chi connectivity index (χ3v) is 6.06. The summed E-state index contributed by atoms with van der Waals surface area (Å²) < 4.78 is 0. The second-order valence-corrected chi connectivity index (χ2v) is 6.93. The van der Waals surface area contributed by atoms with Gasteiger partial charge in [0.05, 0.1) is 10.2 Å². The molecule has 100 valence electrons. The fourth-order valence-corrected chi connectivity index (χ4v) is 5.26. The molecule has 0 fully saturated rings. The number of amides is 1. The molecule has 0 radical (unpaired) electrons. The second kappa shape index (κ2) is 5.61. The Balaban J connectivity index is 1.66. The van der Waals surface area contributed by atoms with Crippen LogP contribution in [0.25, 0.3) is 0 Å². The van der Waals surface area contributed by atoms with E-state index in [1.54, 1.807) is 11.8 Å². The zero-order valence-electron chi connectivity index (χ0n) is 10.3. The lowest BCUT2D eigenvalue weighted by Gasteiger charge is -2.09. The van der Waals surface area contributed by atoms with Crippen LogP contribution in [0.15, 0.2) is 40.1 Å². The summed E-state index contributed by atoms with van der Waals surface area (Å²) in [6, 6.07) is 8.42. The van der Waals surface area contributed by atoms with Gasteiger partial charge in [-0.3, -0.25) is 4.79 Å². The minimum atomic E-state index is -0.00840. The summed E-state index contributed by atoms with van der Waals surface area (Å²) in [5.41, 5.74) is 1.34. The smallest absolute Gasteiger partial charge is 0.257 e. The van der Waals surface area contributed by atoms with E-state index in [-0.39, 0.29) is 12.5 Å². The zero-order chi connectivity index (χ0) is 13.2. The Morgan fingerprint density at radius 3 is 3.00 bits per heavy atom. The maximum absolute atomic E-state index is 12.0. The van der Waals surface area contributed by atoms with Crippen LogP contribution >= 0.6 is 23.5 Å². The molecule has 2 N–H and O–H groups in total. The van der Waals surface area contributed by atoms with E-state index in [0.717, 1.165) is 4.91 Å². The van der Waals surface area contributed by atoms with Gasteiger partial charge in [-0.1, -0.05) is 24.3 Å². The average Bonchev–Trinajstić information content (AvgIpc) is 2.96. The number of hydrogen-bond acceptors (Lipinski definition) is 4. The molecule has 0 bridgehead atoms. The van der Waals surface area contributed by atoms with E-state index in [0.29, 0.717) is 23.5 Å². The Morgan fingerprint density at radius 2 is 2.16 bits per heavy atom. The molecule has 3 nitrogen and oxygen atoms in total. The number of rotatable bonds is 4. The maximum atomic E-state index is 12.0. The van der Waals surface area contributed by atoms with Gasteiger partial charge in [-0.2, -0.15) is 0 Å². The van der Waals surface area contributed by atoms with Gasteiger partial charge in [0.1, 0.15) is 0 Å². The van der Waals surface area contributed by atoms with Crippen molar-refractivity contribution in [3.8, 4) is 0 Å². The van der Waals surface area contributed by atoms with E-state index in [1.807, 2.05) is 11.8 Å². The number of carbonyl (C=O) groups excluding carboxylic acids is 1. The number of carbonyl (C=O) groups is 1. The monoisotopic (exact) mass is 293 g/mol. The molecule has 2 aliphatic heterocycles. The summed E-state index contributed by atoms with van der Waals surface area (Å²) in [4.78, 5) is 14.1. The first-order valence-corrected chi connectivity index (χ1v) is 8.08. The second-order valence-electron chi connectivity index (χ2n) is 4.52. The Bertz CT molecular complexity index is 530. The molecule has 2 aliphatic rings. The fourth-order valence-electron chi connectivity index (χ4n) is 2.28. The topological polar surface area (TPSA) is 49.3 Å². The van der Waals surface area contributed by atoms with Crippen LogP contribution in [0.3, 0.4) is 0 Å². The van der Waals surface area contributed by atoms with Crippen molar-refractivity contribution < 1.29 is 9.90 Å². The summed E-state index contributed by atoms with van der Waals surface area (Å²) in [7, 11) is 0. The molecule has 0 aliphatic carbocycles. The molecule has 1 amide bonds. The van der Waals surface area contributed by atoms with Gasteiger partial charge in [-0.25, -0.2) is 0 Å². The summed E-state index contributed by atoms with van der Waals surface area (Å²) >= 11 is 3.49. The van der Waals surface area contributed by atoms with Crippen LogP contribution in [0, 0.1) is 0 Å². The van der Waals surface area contributed by atoms with E-state index < -0.39 is 0 Å². The normalized spacial score (nSPS) is 23.7. The van der Waals surface area contributed by atoms with Crippen LogP contribution in [-0.4, -0.2) is 29.4 Å². The lowest BCUT2D eigenvalue weighted by atomic mass is 10.1. The third kappa shape index (κ3) is 2.55. The van der Waals surface area contributed by atoms with Gasteiger partial charge in [0.2, 0.25) is 0 Å². The van der Waals surface area contributed by atoms with Crippen molar-refractivity contribution in [1.82, 2.24) is 5.32 Å². The van der Waals surface area contributed by atoms with Gasteiger partial charge >= 0.3 is 0 Å². The molecule has 0 spiro atoms. The minimum absolute atomic E-state index is 0.00840. The van der Waals surface area contributed by atoms with E-state index in [2.05, 4.69) is 35.7 Å². The third-order valence-electron chi connectivity index (χ3n) is 3.20. The Labute approximate surface area is 120 Å². The predicted molar refractivity (Wildman–Crippen MR) is 79.2 cm³/mol.